The van der Waals surface area contributed by atoms with E-state index in [9.17, 15) is 4.79 Å². The Morgan fingerprint density at radius 2 is 2.50 bits per heavy atom. The first-order chi connectivity index (χ1) is 7.75. The molecule has 16 heavy (non-hydrogen) atoms. The molecule has 1 amide bonds. The van der Waals surface area contributed by atoms with Crippen LogP contribution in [0.3, 0.4) is 0 Å². The molecule has 0 saturated heterocycles. The zero-order valence-corrected chi connectivity index (χ0v) is 9.29. The average Bonchev–Trinajstić information content (AvgIpc) is 2.89. The van der Waals surface area contributed by atoms with Gasteiger partial charge in [-0.05, 0) is 12.1 Å². The average molecular weight is 237 g/mol. The van der Waals surface area contributed by atoms with E-state index in [0.29, 0.717) is 23.9 Å². The van der Waals surface area contributed by atoms with Crippen LogP contribution in [0, 0.1) is 0 Å². The van der Waals surface area contributed by atoms with Crippen molar-refractivity contribution in [1.82, 2.24) is 10.3 Å². The van der Waals surface area contributed by atoms with Gasteiger partial charge in [0.2, 0.25) is 0 Å². The topological polar surface area (TPSA) is 81.1 Å². The summed E-state index contributed by atoms with van der Waals surface area (Å²) in [4.78, 5) is 15.5. The van der Waals surface area contributed by atoms with E-state index < -0.39 is 0 Å². The molecule has 0 radical (unpaired) electrons. The molecule has 2 rings (SSSR count). The molecular weight excluding hydrogens is 226 g/mol. The summed E-state index contributed by atoms with van der Waals surface area (Å²) in [6, 6.07) is 3.30. The molecule has 0 bridgehead atoms. The number of amides is 1. The van der Waals surface area contributed by atoms with E-state index in [1.54, 1.807) is 12.1 Å². The number of aromatic nitrogens is 1. The maximum Gasteiger partial charge on any atom is 0.286 e. The lowest BCUT2D eigenvalue weighted by Gasteiger charge is -2.00. The molecular formula is C10H11N3O2S. The molecule has 3 N–H and O–H groups in total. The van der Waals surface area contributed by atoms with Crippen LogP contribution in [0.2, 0.25) is 0 Å². The molecule has 0 aliphatic heterocycles. The van der Waals surface area contributed by atoms with E-state index in [1.165, 1.54) is 17.6 Å². The quantitative estimate of drug-likeness (QED) is 0.839. The maximum absolute atomic E-state index is 11.5. The summed E-state index contributed by atoms with van der Waals surface area (Å²) in [6.45, 7) is 0.517. The third-order valence-electron chi connectivity index (χ3n) is 1.98. The molecule has 0 fully saturated rings. The van der Waals surface area contributed by atoms with Gasteiger partial charge >= 0.3 is 0 Å². The SMILES string of the molecule is Nc1nc(CCNC(=O)c2ccco2)cs1. The summed E-state index contributed by atoms with van der Waals surface area (Å²) < 4.78 is 4.96. The molecule has 0 aromatic carbocycles. The van der Waals surface area contributed by atoms with E-state index in [-0.39, 0.29) is 5.91 Å². The van der Waals surface area contributed by atoms with Crippen molar-refractivity contribution < 1.29 is 9.21 Å². The molecule has 2 aromatic heterocycles. The second-order valence-electron chi connectivity index (χ2n) is 3.16. The molecule has 5 nitrogen and oxygen atoms in total. The zero-order chi connectivity index (χ0) is 11.4. The molecule has 0 atom stereocenters. The van der Waals surface area contributed by atoms with Crippen molar-refractivity contribution in [3.63, 3.8) is 0 Å². The number of nitrogen functional groups attached to an aromatic ring is 1. The van der Waals surface area contributed by atoms with Crippen molar-refractivity contribution in [3.05, 3.63) is 35.2 Å². The van der Waals surface area contributed by atoms with Gasteiger partial charge in [-0.1, -0.05) is 0 Å². The Balaban J connectivity index is 1.78. The van der Waals surface area contributed by atoms with Crippen LogP contribution in [0.5, 0.6) is 0 Å². The second-order valence-corrected chi connectivity index (χ2v) is 4.05. The summed E-state index contributed by atoms with van der Waals surface area (Å²) in [5.41, 5.74) is 6.38. The van der Waals surface area contributed by atoms with Gasteiger partial charge in [0.15, 0.2) is 10.9 Å². The molecule has 84 valence electrons. The summed E-state index contributed by atoms with van der Waals surface area (Å²) in [5, 5.41) is 5.17. The number of hydrogen-bond acceptors (Lipinski definition) is 5. The summed E-state index contributed by atoms with van der Waals surface area (Å²) >= 11 is 1.40. The minimum Gasteiger partial charge on any atom is -0.459 e. The number of nitrogens with zero attached hydrogens (tertiary/aromatic N) is 1. The Morgan fingerprint density at radius 1 is 1.62 bits per heavy atom. The van der Waals surface area contributed by atoms with Crippen molar-refractivity contribution >= 4 is 22.4 Å². The lowest BCUT2D eigenvalue weighted by atomic mass is 10.3. The van der Waals surface area contributed by atoms with Crippen LogP contribution in [0.1, 0.15) is 16.2 Å². The van der Waals surface area contributed by atoms with Crippen LogP contribution >= 0.6 is 11.3 Å². The molecule has 0 unspecified atom stereocenters. The Bertz CT molecular complexity index is 464. The van der Waals surface area contributed by atoms with E-state index >= 15 is 0 Å². The number of anilines is 1. The van der Waals surface area contributed by atoms with Gasteiger partial charge in [-0.2, -0.15) is 0 Å². The predicted molar refractivity (Wildman–Crippen MR) is 61.3 cm³/mol. The van der Waals surface area contributed by atoms with Crippen molar-refractivity contribution in [2.24, 2.45) is 0 Å². The smallest absolute Gasteiger partial charge is 0.286 e. The maximum atomic E-state index is 11.5. The van der Waals surface area contributed by atoms with Crippen LogP contribution in [0.4, 0.5) is 5.13 Å². The normalized spacial score (nSPS) is 10.2. The van der Waals surface area contributed by atoms with Crippen LogP contribution in [-0.2, 0) is 6.42 Å². The van der Waals surface area contributed by atoms with Crippen LogP contribution in [-0.4, -0.2) is 17.4 Å². The first kappa shape index (κ1) is 10.7. The molecule has 0 aliphatic carbocycles. The summed E-state index contributed by atoms with van der Waals surface area (Å²) in [6.07, 6.45) is 2.14. The first-order valence-corrected chi connectivity index (χ1v) is 5.65. The fourth-order valence-corrected chi connectivity index (χ4v) is 1.83. The van der Waals surface area contributed by atoms with Gasteiger partial charge in [-0.15, -0.1) is 11.3 Å². The third-order valence-corrected chi connectivity index (χ3v) is 2.70. The Morgan fingerprint density at radius 3 is 3.12 bits per heavy atom. The standard InChI is InChI=1S/C10H11N3O2S/c11-10-13-7(6-16-10)3-4-12-9(14)8-2-1-5-15-8/h1-2,5-6H,3-4H2,(H2,11,13)(H,12,14). The molecule has 2 aromatic rings. The number of nitrogens with two attached hydrogens (primary N) is 1. The Labute approximate surface area is 96.3 Å². The first-order valence-electron chi connectivity index (χ1n) is 4.77. The highest BCUT2D eigenvalue weighted by Crippen LogP contribution is 2.10. The van der Waals surface area contributed by atoms with E-state index in [4.69, 9.17) is 10.2 Å². The van der Waals surface area contributed by atoms with E-state index in [1.807, 2.05) is 5.38 Å². The third kappa shape index (κ3) is 2.60. The summed E-state index contributed by atoms with van der Waals surface area (Å²) in [7, 11) is 0. The fourth-order valence-electron chi connectivity index (χ4n) is 1.24. The van der Waals surface area contributed by atoms with Gasteiger partial charge in [0.1, 0.15) is 0 Å². The van der Waals surface area contributed by atoms with Gasteiger partial charge in [-0.25, -0.2) is 4.98 Å². The second kappa shape index (κ2) is 4.80. The Kier molecular flexibility index (Phi) is 3.21. The lowest BCUT2D eigenvalue weighted by Crippen LogP contribution is -2.25. The predicted octanol–water partition coefficient (Wildman–Crippen LogP) is 1.29. The minimum absolute atomic E-state index is 0.215. The van der Waals surface area contributed by atoms with Crippen LogP contribution in [0.15, 0.2) is 28.2 Å². The van der Waals surface area contributed by atoms with Gasteiger partial charge in [-0.3, -0.25) is 4.79 Å². The number of furan rings is 1. The van der Waals surface area contributed by atoms with Crippen molar-refractivity contribution in [1.29, 1.82) is 0 Å². The number of carbonyl (C=O) groups is 1. The van der Waals surface area contributed by atoms with Gasteiger partial charge in [0, 0.05) is 18.3 Å². The zero-order valence-electron chi connectivity index (χ0n) is 8.47. The van der Waals surface area contributed by atoms with E-state index in [0.717, 1.165) is 5.69 Å². The number of hydrogen-bond donors (Lipinski definition) is 2. The summed E-state index contributed by atoms with van der Waals surface area (Å²) in [5.74, 6) is 0.103. The highest BCUT2D eigenvalue weighted by Gasteiger charge is 2.07. The van der Waals surface area contributed by atoms with Gasteiger partial charge in [0.05, 0.1) is 12.0 Å². The minimum atomic E-state index is -0.215. The number of rotatable bonds is 4. The van der Waals surface area contributed by atoms with E-state index in [2.05, 4.69) is 10.3 Å². The molecule has 6 heteroatoms. The Hall–Kier alpha value is -1.82. The number of thiazole rings is 1. The van der Waals surface area contributed by atoms with Crippen LogP contribution < -0.4 is 11.1 Å². The number of nitrogens with one attached hydrogen (secondary N) is 1. The monoisotopic (exact) mass is 237 g/mol. The van der Waals surface area contributed by atoms with Crippen LogP contribution in [0.25, 0.3) is 0 Å². The largest absolute Gasteiger partial charge is 0.459 e. The van der Waals surface area contributed by atoms with Crippen molar-refractivity contribution in [2.45, 2.75) is 6.42 Å². The molecule has 0 spiro atoms. The highest BCUT2D eigenvalue weighted by atomic mass is 32.1. The van der Waals surface area contributed by atoms with Gasteiger partial charge in [0.25, 0.3) is 5.91 Å². The van der Waals surface area contributed by atoms with Crippen molar-refractivity contribution in [2.75, 3.05) is 12.3 Å². The van der Waals surface area contributed by atoms with Gasteiger partial charge < -0.3 is 15.5 Å². The van der Waals surface area contributed by atoms with Crippen molar-refractivity contribution in [3.8, 4) is 0 Å². The lowest BCUT2D eigenvalue weighted by molar-refractivity contribution is 0.0926. The molecule has 0 aliphatic rings. The highest BCUT2D eigenvalue weighted by molar-refractivity contribution is 7.13. The molecule has 2 heterocycles. The number of carbonyl (C=O) groups excluding carboxylic acids is 1. The fraction of sp³-hybridized carbons (Fsp3) is 0.200. The molecule has 0 saturated carbocycles.